The third kappa shape index (κ3) is 4.57. The summed E-state index contributed by atoms with van der Waals surface area (Å²) in [4.78, 5) is 51.4. The molecular formula is C24H25ClN6O4. The molecule has 0 spiro atoms. The lowest BCUT2D eigenvalue weighted by Crippen LogP contribution is -2.32. The van der Waals surface area contributed by atoms with E-state index in [1.54, 1.807) is 24.3 Å². The molecule has 11 heteroatoms. The van der Waals surface area contributed by atoms with E-state index in [0.717, 1.165) is 16.7 Å². The maximum Gasteiger partial charge on any atom is 0.352 e. The minimum absolute atomic E-state index is 0.0344. The van der Waals surface area contributed by atoms with E-state index in [0.29, 0.717) is 16.3 Å². The predicted molar refractivity (Wildman–Crippen MR) is 134 cm³/mol. The first kappa shape index (κ1) is 24.2. The van der Waals surface area contributed by atoms with Gasteiger partial charge in [-0.15, -0.1) is 5.10 Å². The highest BCUT2D eigenvalue weighted by Gasteiger charge is 2.19. The van der Waals surface area contributed by atoms with Gasteiger partial charge in [0.2, 0.25) is 11.7 Å². The molecule has 1 atom stereocenters. The Morgan fingerprint density at radius 1 is 1.14 bits per heavy atom. The molecule has 35 heavy (non-hydrogen) atoms. The SMILES string of the molecule is CCC(C)NC(=O)c1ccc2c(=O)n(C)c3nn(CC(=O)Nc4ccc(C)cc4Cl)c(=O)n3c2c1. The molecule has 0 radical (unpaired) electrons. The third-order valence-corrected chi connectivity index (χ3v) is 6.15. The second-order valence-electron chi connectivity index (χ2n) is 8.49. The molecule has 2 amide bonds. The van der Waals surface area contributed by atoms with Gasteiger partial charge in [0, 0.05) is 18.7 Å². The molecule has 1 unspecified atom stereocenters. The van der Waals surface area contributed by atoms with E-state index in [9.17, 15) is 19.2 Å². The summed E-state index contributed by atoms with van der Waals surface area (Å²) in [5.74, 6) is -0.776. The van der Waals surface area contributed by atoms with Crippen LogP contribution in [0.2, 0.25) is 5.02 Å². The highest BCUT2D eigenvalue weighted by Crippen LogP contribution is 2.22. The standard InChI is InChI=1S/C24H25ClN6O4/c1-5-14(3)26-21(33)15-7-8-16-19(11-15)31-23(29(4)22(16)34)28-30(24(31)35)12-20(32)27-18-9-6-13(2)10-17(18)25/h6-11,14H,5,12H2,1-4H3,(H,26,33)(H,27,32). The second-order valence-corrected chi connectivity index (χ2v) is 8.89. The summed E-state index contributed by atoms with van der Waals surface area (Å²) in [5.41, 5.74) is 0.889. The van der Waals surface area contributed by atoms with Crippen molar-refractivity contribution >= 4 is 45.8 Å². The number of carbonyl (C=O) groups excluding carboxylic acids is 2. The van der Waals surface area contributed by atoms with Gasteiger partial charge in [-0.3, -0.25) is 19.0 Å². The number of amides is 2. The van der Waals surface area contributed by atoms with Crippen molar-refractivity contribution in [3.63, 3.8) is 0 Å². The highest BCUT2D eigenvalue weighted by atomic mass is 35.5. The fourth-order valence-electron chi connectivity index (χ4n) is 3.69. The van der Waals surface area contributed by atoms with E-state index in [1.807, 2.05) is 20.8 Å². The van der Waals surface area contributed by atoms with Gasteiger partial charge in [-0.05, 0) is 56.2 Å². The van der Waals surface area contributed by atoms with E-state index < -0.39 is 18.1 Å². The molecule has 2 N–H and O–H groups in total. The van der Waals surface area contributed by atoms with Crippen LogP contribution < -0.4 is 21.9 Å². The van der Waals surface area contributed by atoms with Gasteiger partial charge in [0.15, 0.2) is 0 Å². The van der Waals surface area contributed by atoms with Crippen molar-refractivity contribution in [2.45, 2.75) is 39.8 Å². The van der Waals surface area contributed by atoms with Crippen LogP contribution in [0.5, 0.6) is 0 Å². The molecule has 10 nitrogen and oxygen atoms in total. The van der Waals surface area contributed by atoms with Gasteiger partial charge in [0.1, 0.15) is 6.54 Å². The quantitative estimate of drug-likeness (QED) is 0.425. The first-order valence-electron chi connectivity index (χ1n) is 11.1. The van der Waals surface area contributed by atoms with Crippen LogP contribution in [-0.2, 0) is 18.4 Å². The summed E-state index contributed by atoms with van der Waals surface area (Å²) in [7, 11) is 1.49. The maximum absolute atomic E-state index is 13.3. The van der Waals surface area contributed by atoms with Gasteiger partial charge < -0.3 is 10.6 Å². The molecular weight excluding hydrogens is 472 g/mol. The van der Waals surface area contributed by atoms with Crippen LogP contribution in [0.3, 0.4) is 0 Å². The van der Waals surface area contributed by atoms with Crippen molar-refractivity contribution in [2.24, 2.45) is 7.05 Å². The fraction of sp³-hybridized carbons (Fsp3) is 0.292. The molecule has 2 aromatic carbocycles. The van der Waals surface area contributed by atoms with Gasteiger partial charge in [0.25, 0.3) is 11.5 Å². The number of aromatic nitrogens is 4. The Labute approximate surface area is 205 Å². The van der Waals surface area contributed by atoms with Crippen molar-refractivity contribution < 1.29 is 9.59 Å². The van der Waals surface area contributed by atoms with Crippen molar-refractivity contribution in [3.05, 3.63) is 73.4 Å². The van der Waals surface area contributed by atoms with E-state index in [1.165, 1.54) is 28.1 Å². The molecule has 0 saturated heterocycles. The molecule has 0 aliphatic carbocycles. The number of halogens is 1. The smallest absolute Gasteiger partial charge is 0.350 e. The van der Waals surface area contributed by atoms with E-state index in [2.05, 4.69) is 15.7 Å². The third-order valence-electron chi connectivity index (χ3n) is 5.84. The zero-order valence-corrected chi connectivity index (χ0v) is 20.5. The number of anilines is 1. The van der Waals surface area contributed by atoms with Crippen LogP contribution in [0.15, 0.2) is 46.0 Å². The summed E-state index contributed by atoms with van der Waals surface area (Å²) < 4.78 is 3.42. The number of rotatable bonds is 6. The van der Waals surface area contributed by atoms with E-state index in [4.69, 9.17) is 11.6 Å². The first-order valence-corrected chi connectivity index (χ1v) is 11.5. The summed E-state index contributed by atoms with van der Waals surface area (Å²) in [6.07, 6.45) is 0.756. The average molecular weight is 497 g/mol. The monoisotopic (exact) mass is 496 g/mol. The molecule has 0 bridgehead atoms. The maximum atomic E-state index is 13.3. The largest absolute Gasteiger partial charge is 0.352 e. The Bertz CT molecular complexity index is 1600. The second kappa shape index (κ2) is 9.38. The van der Waals surface area contributed by atoms with Crippen molar-refractivity contribution in [1.82, 2.24) is 24.1 Å². The van der Waals surface area contributed by atoms with Gasteiger partial charge in [0.05, 0.1) is 21.6 Å². The molecule has 0 saturated carbocycles. The average Bonchev–Trinajstić information content (AvgIpc) is 3.14. The lowest BCUT2D eigenvalue weighted by Gasteiger charge is -2.12. The van der Waals surface area contributed by atoms with Crippen LogP contribution >= 0.6 is 11.6 Å². The molecule has 182 valence electrons. The summed E-state index contributed by atoms with van der Waals surface area (Å²) in [5, 5.41) is 10.4. The van der Waals surface area contributed by atoms with Crippen LogP contribution in [0.1, 0.15) is 36.2 Å². The van der Waals surface area contributed by atoms with Crippen molar-refractivity contribution in [2.75, 3.05) is 5.32 Å². The fourth-order valence-corrected chi connectivity index (χ4v) is 3.98. The Kier molecular flexibility index (Phi) is 6.49. The summed E-state index contributed by atoms with van der Waals surface area (Å²) in [6.45, 7) is 5.32. The normalized spacial score (nSPS) is 12.1. The Hall–Kier alpha value is -3.92. The number of nitrogens with one attached hydrogen (secondary N) is 2. The minimum Gasteiger partial charge on any atom is -0.350 e. The van der Waals surface area contributed by atoms with Gasteiger partial charge in [-0.25, -0.2) is 13.9 Å². The highest BCUT2D eigenvalue weighted by molar-refractivity contribution is 6.33. The number of nitrogens with zero attached hydrogens (tertiary/aromatic N) is 4. The van der Waals surface area contributed by atoms with Crippen LogP contribution in [0, 0.1) is 6.92 Å². The molecule has 2 aromatic heterocycles. The lowest BCUT2D eigenvalue weighted by molar-refractivity contribution is -0.117. The Morgan fingerprint density at radius 3 is 2.57 bits per heavy atom. The zero-order chi connectivity index (χ0) is 25.4. The first-order chi connectivity index (χ1) is 16.6. The van der Waals surface area contributed by atoms with E-state index >= 15 is 0 Å². The number of carbonyl (C=O) groups is 2. The number of fused-ring (bicyclic) bond motifs is 3. The molecule has 0 aliphatic rings. The summed E-state index contributed by atoms with van der Waals surface area (Å²) in [6, 6.07) is 9.69. The number of hydrogen-bond donors (Lipinski definition) is 2. The lowest BCUT2D eigenvalue weighted by atomic mass is 10.1. The van der Waals surface area contributed by atoms with Gasteiger partial charge >= 0.3 is 5.69 Å². The van der Waals surface area contributed by atoms with Crippen LogP contribution in [0.4, 0.5) is 5.69 Å². The van der Waals surface area contributed by atoms with Crippen LogP contribution in [-0.4, -0.2) is 36.6 Å². The molecule has 4 rings (SSSR count). The van der Waals surface area contributed by atoms with E-state index in [-0.39, 0.29) is 34.2 Å². The van der Waals surface area contributed by atoms with Crippen molar-refractivity contribution in [1.29, 1.82) is 0 Å². The molecule has 4 aromatic rings. The van der Waals surface area contributed by atoms with Gasteiger partial charge in [-0.1, -0.05) is 24.6 Å². The minimum atomic E-state index is -0.620. The number of benzene rings is 2. The zero-order valence-electron chi connectivity index (χ0n) is 19.8. The molecule has 2 heterocycles. The van der Waals surface area contributed by atoms with Gasteiger partial charge in [-0.2, -0.15) is 0 Å². The Balaban J connectivity index is 1.76. The number of aryl methyl sites for hydroxylation is 2. The topological polar surface area (TPSA) is 120 Å². The predicted octanol–water partition coefficient (Wildman–Crippen LogP) is 2.48. The molecule has 0 fully saturated rings. The molecule has 0 aliphatic heterocycles. The summed E-state index contributed by atoms with van der Waals surface area (Å²) >= 11 is 6.18. The van der Waals surface area contributed by atoms with Crippen LogP contribution in [0.25, 0.3) is 16.7 Å². The van der Waals surface area contributed by atoms with Crippen molar-refractivity contribution in [3.8, 4) is 0 Å². The number of hydrogen-bond acceptors (Lipinski definition) is 5. The Morgan fingerprint density at radius 2 is 1.89 bits per heavy atom.